The third kappa shape index (κ3) is 1.45. The van der Waals surface area contributed by atoms with Crippen molar-refractivity contribution in [1.29, 1.82) is 0 Å². The van der Waals surface area contributed by atoms with Crippen LogP contribution in [-0.2, 0) is 0 Å². The van der Waals surface area contributed by atoms with Gasteiger partial charge in [-0.15, -0.1) is 0 Å². The summed E-state index contributed by atoms with van der Waals surface area (Å²) in [5.74, 6) is -1.61. The van der Waals surface area contributed by atoms with Crippen LogP contribution in [0.4, 0.5) is 8.78 Å². The standard InChI is InChI=1S/C18H10F2/c19-17-9-15-13-7-3-1-5-11(13)12-6-2-4-8-14(12)16(15)10-18(17)20/h1-10H. The van der Waals surface area contributed by atoms with Gasteiger partial charge in [0.05, 0.1) is 0 Å². The number of benzene rings is 4. The molecule has 0 nitrogen and oxygen atoms in total. The highest BCUT2D eigenvalue weighted by atomic mass is 19.2. The molecule has 20 heavy (non-hydrogen) atoms. The molecule has 0 fully saturated rings. The molecule has 4 aromatic carbocycles. The highest BCUT2D eigenvalue weighted by Gasteiger charge is 2.11. The quantitative estimate of drug-likeness (QED) is 0.372. The summed E-state index contributed by atoms with van der Waals surface area (Å²) in [4.78, 5) is 0. The Bertz CT molecular complexity index is 891. The molecule has 4 rings (SSSR count). The monoisotopic (exact) mass is 264 g/mol. The molecule has 0 radical (unpaired) electrons. The average Bonchev–Trinajstić information content (AvgIpc) is 2.49. The maximum atomic E-state index is 13.6. The fourth-order valence-electron chi connectivity index (χ4n) is 2.90. The van der Waals surface area contributed by atoms with E-state index in [9.17, 15) is 8.78 Å². The smallest absolute Gasteiger partial charge is 0.159 e. The van der Waals surface area contributed by atoms with Crippen molar-refractivity contribution < 1.29 is 8.78 Å². The van der Waals surface area contributed by atoms with E-state index in [2.05, 4.69) is 0 Å². The molecule has 0 aliphatic rings. The van der Waals surface area contributed by atoms with Crippen molar-refractivity contribution in [3.8, 4) is 0 Å². The second-order valence-corrected chi connectivity index (χ2v) is 4.90. The molecule has 0 saturated heterocycles. The molecule has 0 spiro atoms. The third-order valence-corrected chi connectivity index (χ3v) is 3.79. The van der Waals surface area contributed by atoms with Crippen LogP contribution in [0, 0.1) is 11.6 Å². The van der Waals surface area contributed by atoms with E-state index in [1.165, 1.54) is 12.1 Å². The second kappa shape index (κ2) is 4.01. The molecule has 0 saturated carbocycles. The number of halogens is 2. The van der Waals surface area contributed by atoms with Crippen LogP contribution < -0.4 is 0 Å². The van der Waals surface area contributed by atoms with E-state index < -0.39 is 11.6 Å². The van der Waals surface area contributed by atoms with E-state index in [0.717, 1.165) is 32.3 Å². The van der Waals surface area contributed by atoms with Gasteiger partial charge in [-0.3, -0.25) is 0 Å². The molecular formula is C18H10F2. The van der Waals surface area contributed by atoms with Gasteiger partial charge in [0.2, 0.25) is 0 Å². The van der Waals surface area contributed by atoms with E-state index in [1.807, 2.05) is 48.5 Å². The van der Waals surface area contributed by atoms with Crippen molar-refractivity contribution in [2.24, 2.45) is 0 Å². The van der Waals surface area contributed by atoms with Gasteiger partial charge in [0.25, 0.3) is 0 Å². The predicted molar refractivity (Wildman–Crippen MR) is 78.9 cm³/mol. The number of hydrogen-bond donors (Lipinski definition) is 0. The molecule has 0 bridgehead atoms. The molecule has 0 N–H and O–H groups in total. The van der Waals surface area contributed by atoms with E-state index in [-0.39, 0.29) is 0 Å². The molecule has 0 unspecified atom stereocenters. The Labute approximate surface area is 114 Å². The molecule has 0 aromatic heterocycles. The lowest BCUT2D eigenvalue weighted by molar-refractivity contribution is 0.511. The lowest BCUT2D eigenvalue weighted by Gasteiger charge is -2.10. The van der Waals surface area contributed by atoms with Crippen LogP contribution in [0.5, 0.6) is 0 Å². The van der Waals surface area contributed by atoms with Gasteiger partial charge in [-0.2, -0.15) is 0 Å². The van der Waals surface area contributed by atoms with Gasteiger partial charge in [0.1, 0.15) is 0 Å². The molecule has 4 aromatic rings. The Balaban J connectivity index is 2.42. The van der Waals surface area contributed by atoms with Crippen LogP contribution in [0.1, 0.15) is 0 Å². The number of rotatable bonds is 0. The summed E-state index contributed by atoms with van der Waals surface area (Å²) >= 11 is 0. The van der Waals surface area contributed by atoms with Crippen molar-refractivity contribution in [1.82, 2.24) is 0 Å². The van der Waals surface area contributed by atoms with Crippen LogP contribution in [0.3, 0.4) is 0 Å². The highest BCUT2D eigenvalue weighted by Crippen LogP contribution is 2.35. The summed E-state index contributed by atoms with van der Waals surface area (Å²) in [6.45, 7) is 0. The molecule has 0 aliphatic carbocycles. The van der Waals surface area contributed by atoms with Gasteiger partial charge in [0.15, 0.2) is 11.6 Å². The van der Waals surface area contributed by atoms with Crippen molar-refractivity contribution in [2.75, 3.05) is 0 Å². The largest absolute Gasteiger partial charge is 0.204 e. The Morgan fingerprint density at radius 2 is 0.750 bits per heavy atom. The third-order valence-electron chi connectivity index (χ3n) is 3.79. The van der Waals surface area contributed by atoms with Crippen molar-refractivity contribution in [2.45, 2.75) is 0 Å². The first kappa shape index (κ1) is 11.4. The summed E-state index contributed by atoms with van der Waals surface area (Å²) in [6, 6.07) is 18.2. The summed E-state index contributed by atoms with van der Waals surface area (Å²) in [5.41, 5.74) is 0. The summed E-state index contributed by atoms with van der Waals surface area (Å²) in [7, 11) is 0. The van der Waals surface area contributed by atoms with Crippen LogP contribution in [0.25, 0.3) is 32.3 Å². The minimum Gasteiger partial charge on any atom is -0.204 e. The van der Waals surface area contributed by atoms with Gasteiger partial charge in [0, 0.05) is 0 Å². The van der Waals surface area contributed by atoms with Crippen LogP contribution in [0.15, 0.2) is 60.7 Å². The molecule has 0 heterocycles. The Hall–Kier alpha value is -2.48. The molecule has 0 amide bonds. The SMILES string of the molecule is Fc1cc2c3ccccc3c3ccccc3c2cc1F. The minimum absolute atomic E-state index is 0.748. The van der Waals surface area contributed by atoms with Crippen molar-refractivity contribution in [3.05, 3.63) is 72.3 Å². The van der Waals surface area contributed by atoms with Gasteiger partial charge < -0.3 is 0 Å². The van der Waals surface area contributed by atoms with Crippen LogP contribution >= 0.6 is 0 Å². The van der Waals surface area contributed by atoms with Crippen molar-refractivity contribution in [3.63, 3.8) is 0 Å². The Morgan fingerprint density at radius 3 is 1.10 bits per heavy atom. The fraction of sp³-hybridized carbons (Fsp3) is 0. The number of fused-ring (bicyclic) bond motifs is 6. The molecule has 2 heteroatoms. The van der Waals surface area contributed by atoms with Crippen molar-refractivity contribution >= 4 is 32.3 Å². The molecular weight excluding hydrogens is 254 g/mol. The maximum absolute atomic E-state index is 13.6. The maximum Gasteiger partial charge on any atom is 0.159 e. The van der Waals surface area contributed by atoms with Crippen LogP contribution in [-0.4, -0.2) is 0 Å². The van der Waals surface area contributed by atoms with E-state index in [1.54, 1.807) is 0 Å². The zero-order valence-electron chi connectivity index (χ0n) is 10.5. The second-order valence-electron chi connectivity index (χ2n) is 4.90. The fourth-order valence-corrected chi connectivity index (χ4v) is 2.90. The average molecular weight is 264 g/mol. The summed E-state index contributed by atoms with van der Waals surface area (Å²) in [5, 5.41) is 5.50. The Morgan fingerprint density at radius 1 is 0.450 bits per heavy atom. The van der Waals surface area contributed by atoms with Gasteiger partial charge in [-0.05, 0) is 44.5 Å². The normalized spacial score (nSPS) is 11.5. The number of hydrogen-bond acceptors (Lipinski definition) is 0. The van der Waals surface area contributed by atoms with E-state index in [4.69, 9.17) is 0 Å². The zero-order chi connectivity index (χ0) is 13.7. The van der Waals surface area contributed by atoms with E-state index in [0.29, 0.717) is 0 Å². The molecule has 0 aliphatic heterocycles. The van der Waals surface area contributed by atoms with Gasteiger partial charge in [-0.1, -0.05) is 48.5 Å². The first-order valence-electron chi connectivity index (χ1n) is 6.44. The lowest BCUT2D eigenvalue weighted by atomic mass is 9.94. The minimum atomic E-state index is -0.807. The van der Waals surface area contributed by atoms with Crippen LogP contribution in [0.2, 0.25) is 0 Å². The summed E-state index contributed by atoms with van der Waals surface area (Å²) < 4.78 is 27.2. The summed E-state index contributed by atoms with van der Waals surface area (Å²) in [6.07, 6.45) is 0. The lowest BCUT2D eigenvalue weighted by Crippen LogP contribution is -1.88. The zero-order valence-corrected chi connectivity index (χ0v) is 10.5. The predicted octanol–water partition coefficient (Wildman–Crippen LogP) is 5.42. The highest BCUT2D eigenvalue weighted by molar-refractivity contribution is 6.25. The topological polar surface area (TPSA) is 0 Å². The van der Waals surface area contributed by atoms with Gasteiger partial charge in [-0.25, -0.2) is 8.78 Å². The first-order valence-corrected chi connectivity index (χ1v) is 6.44. The van der Waals surface area contributed by atoms with Gasteiger partial charge >= 0.3 is 0 Å². The molecule has 0 atom stereocenters. The first-order chi connectivity index (χ1) is 9.75. The molecule has 96 valence electrons. The Kier molecular flexibility index (Phi) is 2.27. The van der Waals surface area contributed by atoms with E-state index >= 15 is 0 Å².